The van der Waals surface area contributed by atoms with E-state index < -0.39 is 9.84 Å². The first kappa shape index (κ1) is 14.9. The van der Waals surface area contributed by atoms with Gasteiger partial charge in [0.05, 0.1) is 17.0 Å². The Kier molecular flexibility index (Phi) is 3.80. The number of hydrogen-bond donors (Lipinski definition) is 1. The minimum atomic E-state index is -2.89. The van der Waals surface area contributed by atoms with Gasteiger partial charge in [-0.05, 0) is 31.0 Å². The number of benzene rings is 1. The number of pyridine rings is 1. The molecular formula is C15H17BrN2O2S. The fourth-order valence-electron chi connectivity index (χ4n) is 2.80. The summed E-state index contributed by atoms with van der Waals surface area (Å²) >= 11 is 3.53. The molecule has 1 N–H and O–H groups in total. The van der Waals surface area contributed by atoms with Crippen LogP contribution in [0.2, 0.25) is 0 Å². The average Bonchev–Trinajstić information content (AvgIpc) is 2.73. The normalized spacial score (nSPS) is 24.5. The van der Waals surface area contributed by atoms with Crippen molar-refractivity contribution in [2.75, 3.05) is 11.5 Å². The highest BCUT2D eigenvalue weighted by molar-refractivity contribution is 9.10. The van der Waals surface area contributed by atoms with Gasteiger partial charge in [-0.2, -0.15) is 0 Å². The molecule has 0 spiro atoms. The number of sulfone groups is 1. The number of nitrogens with zero attached hydrogens (tertiary/aromatic N) is 1. The molecule has 1 saturated heterocycles. The third kappa shape index (κ3) is 3.12. The SMILES string of the molecule is CC1(NCc2ccc(Br)c3cccnc23)CCS(=O)(=O)C1. The van der Waals surface area contributed by atoms with Crippen LogP contribution in [0.4, 0.5) is 0 Å². The quantitative estimate of drug-likeness (QED) is 0.904. The molecule has 1 aromatic heterocycles. The molecule has 6 heteroatoms. The Labute approximate surface area is 133 Å². The van der Waals surface area contributed by atoms with Crippen LogP contribution in [-0.4, -0.2) is 30.4 Å². The lowest BCUT2D eigenvalue weighted by molar-refractivity contribution is 0.396. The molecule has 3 rings (SSSR count). The molecule has 2 aromatic rings. The van der Waals surface area contributed by atoms with Crippen molar-refractivity contribution in [3.8, 4) is 0 Å². The van der Waals surface area contributed by atoms with Crippen molar-refractivity contribution >= 4 is 36.7 Å². The van der Waals surface area contributed by atoms with Gasteiger partial charge < -0.3 is 5.32 Å². The molecule has 4 nitrogen and oxygen atoms in total. The van der Waals surface area contributed by atoms with Crippen LogP contribution < -0.4 is 5.32 Å². The summed E-state index contributed by atoms with van der Waals surface area (Å²) in [5.74, 6) is 0.484. The Hall–Kier alpha value is -0.980. The molecule has 1 aromatic carbocycles. The van der Waals surface area contributed by atoms with Gasteiger partial charge in [-0.3, -0.25) is 4.98 Å². The van der Waals surface area contributed by atoms with Gasteiger partial charge in [0.2, 0.25) is 0 Å². The monoisotopic (exact) mass is 368 g/mol. The van der Waals surface area contributed by atoms with Crippen LogP contribution in [-0.2, 0) is 16.4 Å². The van der Waals surface area contributed by atoms with Crippen molar-refractivity contribution < 1.29 is 8.42 Å². The van der Waals surface area contributed by atoms with Gasteiger partial charge >= 0.3 is 0 Å². The minimum Gasteiger partial charge on any atom is -0.306 e. The van der Waals surface area contributed by atoms with Crippen molar-refractivity contribution in [2.45, 2.75) is 25.4 Å². The second-order valence-corrected chi connectivity index (χ2v) is 8.90. The smallest absolute Gasteiger partial charge is 0.152 e. The van der Waals surface area contributed by atoms with E-state index >= 15 is 0 Å². The van der Waals surface area contributed by atoms with Crippen LogP contribution in [0.3, 0.4) is 0 Å². The lowest BCUT2D eigenvalue weighted by Gasteiger charge is -2.24. The fraction of sp³-hybridized carbons (Fsp3) is 0.400. The summed E-state index contributed by atoms with van der Waals surface area (Å²) in [7, 11) is -2.89. The van der Waals surface area contributed by atoms with E-state index in [1.165, 1.54) is 0 Å². The molecular weight excluding hydrogens is 352 g/mol. The highest BCUT2D eigenvalue weighted by Crippen LogP contribution is 2.27. The molecule has 112 valence electrons. The Morgan fingerprint density at radius 2 is 2.19 bits per heavy atom. The van der Waals surface area contributed by atoms with Crippen LogP contribution in [0.15, 0.2) is 34.9 Å². The summed E-state index contributed by atoms with van der Waals surface area (Å²) in [6.45, 7) is 2.60. The number of hydrogen-bond acceptors (Lipinski definition) is 4. The molecule has 1 unspecified atom stereocenters. The molecule has 0 radical (unpaired) electrons. The standard InChI is InChI=1S/C15H17BrN2O2S/c1-15(6-8-21(19,20)10-15)18-9-11-4-5-13(16)12-3-2-7-17-14(11)12/h2-5,7,18H,6,8-10H2,1H3. The number of rotatable bonds is 3. The second-order valence-electron chi connectivity index (χ2n) is 5.86. The lowest BCUT2D eigenvalue weighted by atomic mass is 10.0. The Morgan fingerprint density at radius 1 is 1.38 bits per heavy atom. The number of fused-ring (bicyclic) bond motifs is 1. The minimum absolute atomic E-state index is 0.210. The van der Waals surface area contributed by atoms with E-state index in [-0.39, 0.29) is 17.0 Å². The molecule has 0 amide bonds. The second kappa shape index (κ2) is 5.34. The van der Waals surface area contributed by atoms with E-state index in [4.69, 9.17) is 0 Å². The van der Waals surface area contributed by atoms with Crippen molar-refractivity contribution in [1.29, 1.82) is 0 Å². The molecule has 1 aliphatic heterocycles. The summed E-state index contributed by atoms with van der Waals surface area (Å²) < 4.78 is 24.3. The third-order valence-electron chi connectivity index (χ3n) is 4.01. The number of halogens is 1. The molecule has 1 fully saturated rings. The zero-order chi connectivity index (χ0) is 15.1. The maximum Gasteiger partial charge on any atom is 0.152 e. The third-order valence-corrected chi connectivity index (χ3v) is 6.60. The molecule has 0 bridgehead atoms. The molecule has 1 atom stereocenters. The largest absolute Gasteiger partial charge is 0.306 e. The maximum absolute atomic E-state index is 11.7. The van der Waals surface area contributed by atoms with E-state index in [2.05, 4.69) is 26.2 Å². The van der Waals surface area contributed by atoms with Crippen molar-refractivity contribution in [2.24, 2.45) is 0 Å². The van der Waals surface area contributed by atoms with Gasteiger partial charge in [-0.1, -0.05) is 28.1 Å². The van der Waals surface area contributed by atoms with Crippen LogP contribution >= 0.6 is 15.9 Å². The van der Waals surface area contributed by atoms with Gasteiger partial charge in [0.25, 0.3) is 0 Å². The molecule has 0 saturated carbocycles. The summed E-state index contributed by atoms with van der Waals surface area (Å²) in [6.07, 6.45) is 2.44. The highest BCUT2D eigenvalue weighted by Gasteiger charge is 2.37. The van der Waals surface area contributed by atoms with Gasteiger partial charge in [0, 0.05) is 28.1 Å². The Morgan fingerprint density at radius 3 is 2.90 bits per heavy atom. The first-order valence-electron chi connectivity index (χ1n) is 6.86. The molecule has 2 heterocycles. The van der Waals surface area contributed by atoms with Crippen LogP contribution in [0.1, 0.15) is 18.9 Å². The van der Waals surface area contributed by atoms with E-state index in [1.54, 1.807) is 6.20 Å². The van der Waals surface area contributed by atoms with Crippen molar-refractivity contribution in [3.63, 3.8) is 0 Å². The van der Waals surface area contributed by atoms with Crippen LogP contribution in [0.5, 0.6) is 0 Å². The predicted molar refractivity (Wildman–Crippen MR) is 88.0 cm³/mol. The van der Waals surface area contributed by atoms with Crippen LogP contribution in [0, 0.1) is 0 Å². The highest BCUT2D eigenvalue weighted by atomic mass is 79.9. The molecule has 0 aliphatic carbocycles. The first-order chi connectivity index (χ1) is 9.89. The zero-order valence-electron chi connectivity index (χ0n) is 11.8. The van der Waals surface area contributed by atoms with E-state index in [0.29, 0.717) is 13.0 Å². The fourth-order valence-corrected chi connectivity index (χ4v) is 5.37. The molecule has 21 heavy (non-hydrogen) atoms. The summed E-state index contributed by atoms with van der Waals surface area (Å²) in [4.78, 5) is 4.45. The van der Waals surface area contributed by atoms with E-state index in [9.17, 15) is 8.42 Å². The summed E-state index contributed by atoms with van der Waals surface area (Å²) in [6, 6.07) is 7.97. The van der Waals surface area contributed by atoms with Gasteiger partial charge in [0.1, 0.15) is 0 Å². The van der Waals surface area contributed by atoms with Gasteiger partial charge in [0.15, 0.2) is 9.84 Å². The summed E-state index contributed by atoms with van der Waals surface area (Å²) in [5, 5.41) is 4.48. The van der Waals surface area contributed by atoms with E-state index in [1.807, 2.05) is 31.2 Å². The lowest BCUT2D eigenvalue weighted by Crippen LogP contribution is -2.42. The molecule has 1 aliphatic rings. The topological polar surface area (TPSA) is 59.1 Å². The zero-order valence-corrected chi connectivity index (χ0v) is 14.2. The Bertz CT molecular complexity index is 791. The van der Waals surface area contributed by atoms with Crippen molar-refractivity contribution in [1.82, 2.24) is 10.3 Å². The maximum atomic E-state index is 11.7. The summed E-state index contributed by atoms with van der Waals surface area (Å²) in [5.41, 5.74) is 1.69. The van der Waals surface area contributed by atoms with E-state index in [0.717, 1.165) is 20.9 Å². The van der Waals surface area contributed by atoms with Gasteiger partial charge in [-0.25, -0.2) is 8.42 Å². The average molecular weight is 369 g/mol. The number of aromatic nitrogens is 1. The van der Waals surface area contributed by atoms with Gasteiger partial charge in [-0.15, -0.1) is 0 Å². The Balaban J connectivity index is 1.85. The predicted octanol–water partition coefficient (Wildman–Crippen LogP) is 2.66. The van der Waals surface area contributed by atoms with Crippen molar-refractivity contribution in [3.05, 3.63) is 40.5 Å². The number of nitrogens with one attached hydrogen (secondary N) is 1. The van der Waals surface area contributed by atoms with Crippen LogP contribution in [0.25, 0.3) is 10.9 Å². The first-order valence-corrected chi connectivity index (χ1v) is 9.48.